The van der Waals surface area contributed by atoms with E-state index in [0.717, 1.165) is 24.0 Å². The lowest BCUT2D eigenvalue weighted by Crippen LogP contribution is -2.34. The van der Waals surface area contributed by atoms with Gasteiger partial charge in [0.2, 0.25) is 11.8 Å². The molecule has 1 aliphatic carbocycles. The highest BCUT2D eigenvalue weighted by atomic mass is 16.2. The topological polar surface area (TPSA) is 78.5 Å². The van der Waals surface area contributed by atoms with Crippen molar-refractivity contribution < 1.29 is 14.4 Å². The zero-order chi connectivity index (χ0) is 20.4. The number of hydrogen-bond acceptors (Lipinski definition) is 3. The van der Waals surface area contributed by atoms with Gasteiger partial charge in [-0.15, -0.1) is 0 Å². The van der Waals surface area contributed by atoms with Crippen LogP contribution in [0, 0.1) is 6.92 Å². The number of amides is 3. The van der Waals surface area contributed by atoms with Gasteiger partial charge < -0.3 is 15.5 Å². The van der Waals surface area contributed by atoms with Gasteiger partial charge in [0.1, 0.15) is 0 Å². The smallest absolute Gasteiger partial charge is 0.254 e. The average molecular weight is 391 g/mol. The maximum Gasteiger partial charge on any atom is 0.254 e. The predicted octanol–water partition coefficient (Wildman–Crippen LogP) is 2.63. The summed E-state index contributed by atoms with van der Waals surface area (Å²) in [7, 11) is 0. The number of rotatable bonds is 3. The molecule has 2 aliphatic rings. The van der Waals surface area contributed by atoms with Gasteiger partial charge >= 0.3 is 0 Å². The van der Waals surface area contributed by atoms with E-state index in [1.165, 1.54) is 5.56 Å². The predicted molar refractivity (Wildman–Crippen MR) is 111 cm³/mol. The zero-order valence-corrected chi connectivity index (χ0v) is 16.5. The second kappa shape index (κ2) is 8.07. The van der Waals surface area contributed by atoms with Gasteiger partial charge in [0.25, 0.3) is 5.91 Å². The Balaban J connectivity index is 1.51. The lowest BCUT2D eigenvalue weighted by atomic mass is 10.00. The molecule has 2 N–H and O–H groups in total. The minimum Gasteiger partial charge on any atom is -0.354 e. The quantitative estimate of drug-likeness (QED) is 0.844. The first-order valence-corrected chi connectivity index (χ1v) is 10.1. The first kappa shape index (κ1) is 19.2. The molecule has 3 amide bonds. The Bertz CT molecular complexity index is 970. The van der Waals surface area contributed by atoms with Crippen LogP contribution in [0.2, 0.25) is 0 Å². The number of benzene rings is 2. The van der Waals surface area contributed by atoms with Gasteiger partial charge in [-0.05, 0) is 48.6 Å². The molecule has 1 unspecified atom stereocenters. The van der Waals surface area contributed by atoms with E-state index in [2.05, 4.69) is 16.7 Å². The standard InChI is InChI=1S/C23H25N3O3/c1-15-6-7-17(23(29)26-12-10-21(27)24-11-13-26)14-20(15)25-22(28)19-9-8-16-4-2-3-5-18(16)19/h2-7,14,19H,8-13H2,1H3,(H,24,27)(H,25,28). The molecule has 4 rings (SSSR count). The van der Waals surface area contributed by atoms with E-state index in [9.17, 15) is 14.4 Å². The van der Waals surface area contributed by atoms with Crippen molar-refractivity contribution in [2.75, 3.05) is 25.0 Å². The molecule has 1 atom stereocenters. The molecule has 0 saturated carbocycles. The highest BCUT2D eigenvalue weighted by Crippen LogP contribution is 2.34. The fraction of sp³-hybridized carbons (Fsp3) is 0.348. The third kappa shape index (κ3) is 4.01. The minimum absolute atomic E-state index is 0.0333. The van der Waals surface area contributed by atoms with Crippen molar-refractivity contribution in [3.63, 3.8) is 0 Å². The number of hydrogen-bond donors (Lipinski definition) is 2. The molecule has 150 valence electrons. The van der Waals surface area contributed by atoms with Crippen molar-refractivity contribution in [2.45, 2.75) is 32.1 Å². The van der Waals surface area contributed by atoms with Crippen LogP contribution < -0.4 is 10.6 Å². The Morgan fingerprint density at radius 3 is 2.79 bits per heavy atom. The molecule has 2 aromatic carbocycles. The van der Waals surface area contributed by atoms with Crippen molar-refractivity contribution in [3.8, 4) is 0 Å². The van der Waals surface area contributed by atoms with Crippen LogP contribution >= 0.6 is 0 Å². The molecule has 0 bridgehead atoms. The second-order valence-electron chi connectivity index (χ2n) is 7.70. The monoisotopic (exact) mass is 391 g/mol. The molecular weight excluding hydrogens is 366 g/mol. The van der Waals surface area contributed by atoms with Crippen LogP contribution in [0.25, 0.3) is 0 Å². The van der Waals surface area contributed by atoms with Gasteiger partial charge in [-0.25, -0.2) is 0 Å². The highest BCUT2D eigenvalue weighted by molar-refractivity contribution is 6.00. The van der Waals surface area contributed by atoms with Crippen LogP contribution in [-0.2, 0) is 16.0 Å². The molecule has 1 aliphatic heterocycles. The van der Waals surface area contributed by atoms with E-state index in [0.29, 0.717) is 37.3 Å². The van der Waals surface area contributed by atoms with E-state index in [1.54, 1.807) is 17.0 Å². The van der Waals surface area contributed by atoms with Crippen molar-refractivity contribution in [2.24, 2.45) is 0 Å². The van der Waals surface area contributed by atoms with Crippen molar-refractivity contribution in [3.05, 3.63) is 64.7 Å². The summed E-state index contributed by atoms with van der Waals surface area (Å²) in [5.41, 5.74) is 4.42. The van der Waals surface area contributed by atoms with E-state index >= 15 is 0 Å². The Morgan fingerprint density at radius 1 is 1.10 bits per heavy atom. The molecule has 1 heterocycles. The molecule has 1 saturated heterocycles. The van der Waals surface area contributed by atoms with Crippen LogP contribution in [0.3, 0.4) is 0 Å². The van der Waals surface area contributed by atoms with Gasteiger partial charge in [0.05, 0.1) is 5.92 Å². The van der Waals surface area contributed by atoms with Gasteiger partial charge in [-0.3, -0.25) is 14.4 Å². The molecule has 0 spiro atoms. The summed E-state index contributed by atoms with van der Waals surface area (Å²) in [6, 6.07) is 13.4. The van der Waals surface area contributed by atoms with Crippen molar-refractivity contribution in [1.29, 1.82) is 0 Å². The van der Waals surface area contributed by atoms with Crippen molar-refractivity contribution >= 4 is 23.4 Å². The first-order chi connectivity index (χ1) is 14.0. The van der Waals surface area contributed by atoms with E-state index in [4.69, 9.17) is 0 Å². The molecule has 0 radical (unpaired) electrons. The number of nitrogens with zero attached hydrogens (tertiary/aromatic N) is 1. The number of aryl methyl sites for hydroxylation is 2. The van der Waals surface area contributed by atoms with E-state index < -0.39 is 0 Å². The van der Waals surface area contributed by atoms with Gasteiger partial charge in [-0.1, -0.05) is 30.3 Å². The third-order valence-electron chi connectivity index (χ3n) is 5.79. The van der Waals surface area contributed by atoms with Crippen LogP contribution in [-0.4, -0.2) is 42.3 Å². The molecule has 6 nitrogen and oxygen atoms in total. The Kier molecular flexibility index (Phi) is 5.34. The van der Waals surface area contributed by atoms with Gasteiger partial charge in [0.15, 0.2) is 0 Å². The summed E-state index contributed by atoms with van der Waals surface area (Å²) in [5.74, 6) is -0.350. The average Bonchev–Trinajstić information content (AvgIpc) is 3.04. The van der Waals surface area contributed by atoms with Crippen molar-refractivity contribution in [1.82, 2.24) is 10.2 Å². The number of carbonyl (C=O) groups excluding carboxylic acids is 3. The lowest BCUT2D eigenvalue weighted by molar-refractivity contribution is -0.120. The number of fused-ring (bicyclic) bond motifs is 1. The van der Waals surface area contributed by atoms with Crippen LogP contribution in [0.4, 0.5) is 5.69 Å². The van der Waals surface area contributed by atoms with Crippen LogP contribution in [0.15, 0.2) is 42.5 Å². The fourth-order valence-electron chi connectivity index (χ4n) is 4.09. The molecule has 0 aromatic heterocycles. The normalized spacial score (nSPS) is 18.6. The summed E-state index contributed by atoms with van der Waals surface area (Å²) in [4.78, 5) is 39.1. The fourth-order valence-corrected chi connectivity index (χ4v) is 4.09. The molecule has 1 fully saturated rings. The SMILES string of the molecule is Cc1ccc(C(=O)N2CCNC(=O)CC2)cc1NC(=O)C1CCc2ccccc21. The first-order valence-electron chi connectivity index (χ1n) is 10.1. The highest BCUT2D eigenvalue weighted by Gasteiger charge is 2.28. The number of carbonyl (C=O) groups is 3. The summed E-state index contributed by atoms with van der Waals surface area (Å²) >= 11 is 0. The summed E-state index contributed by atoms with van der Waals surface area (Å²) in [5, 5.41) is 5.81. The largest absolute Gasteiger partial charge is 0.354 e. The number of nitrogens with one attached hydrogen (secondary N) is 2. The lowest BCUT2D eigenvalue weighted by Gasteiger charge is -2.20. The second-order valence-corrected chi connectivity index (χ2v) is 7.70. The van der Waals surface area contributed by atoms with Crippen LogP contribution in [0.1, 0.15) is 45.8 Å². The summed E-state index contributed by atoms with van der Waals surface area (Å²) in [6.07, 6.45) is 2.02. The molecule has 2 aromatic rings. The Labute approximate surface area is 170 Å². The van der Waals surface area contributed by atoms with Crippen LogP contribution in [0.5, 0.6) is 0 Å². The maximum absolute atomic E-state index is 12.9. The minimum atomic E-state index is -0.160. The Hall–Kier alpha value is -3.15. The molecule has 6 heteroatoms. The van der Waals surface area contributed by atoms with E-state index in [1.807, 2.05) is 31.2 Å². The maximum atomic E-state index is 12.9. The zero-order valence-electron chi connectivity index (χ0n) is 16.5. The molecular formula is C23H25N3O3. The molecule has 29 heavy (non-hydrogen) atoms. The van der Waals surface area contributed by atoms with Gasteiger partial charge in [-0.2, -0.15) is 0 Å². The summed E-state index contributed by atoms with van der Waals surface area (Å²) in [6.45, 7) is 3.26. The van der Waals surface area contributed by atoms with E-state index in [-0.39, 0.29) is 23.6 Å². The Morgan fingerprint density at radius 2 is 1.93 bits per heavy atom. The summed E-state index contributed by atoms with van der Waals surface area (Å²) < 4.78 is 0. The van der Waals surface area contributed by atoms with Gasteiger partial charge in [0, 0.05) is 37.3 Å². The number of anilines is 1. The third-order valence-corrected chi connectivity index (χ3v) is 5.79.